The van der Waals surface area contributed by atoms with Gasteiger partial charge in [0, 0.05) is 27.5 Å². The molecule has 230 valence electrons. The number of carbonyl (C=O) groups is 1. The summed E-state index contributed by atoms with van der Waals surface area (Å²) < 4.78 is 30.8. The molecule has 0 radical (unpaired) electrons. The number of hydrazone groups is 1. The predicted molar refractivity (Wildman–Crippen MR) is 183 cm³/mol. The molecule has 0 saturated heterocycles. The molecule has 0 saturated carbocycles. The maximum absolute atomic E-state index is 13.8. The van der Waals surface area contributed by atoms with Crippen LogP contribution in [0.5, 0.6) is 0 Å². The van der Waals surface area contributed by atoms with Crippen LogP contribution >= 0.6 is 34.8 Å². The largest absolute Gasteiger partial charge is 0.316 e. The summed E-state index contributed by atoms with van der Waals surface area (Å²) in [5.41, 5.74) is 8.19. The van der Waals surface area contributed by atoms with E-state index in [2.05, 4.69) is 10.5 Å². The number of aromatic nitrogens is 1. The first-order valence-electron chi connectivity index (χ1n) is 13.9. The quantitative estimate of drug-likeness (QED) is 0.125. The molecule has 1 heterocycles. The van der Waals surface area contributed by atoms with Gasteiger partial charge >= 0.3 is 0 Å². The average molecular weight is 680 g/mol. The minimum atomic E-state index is -3.92. The van der Waals surface area contributed by atoms with E-state index in [1.54, 1.807) is 85.1 Å². The number of rotatable bonds is 9. The number of halogens is 3. The summed E-state index contributed by atoms with van der Waals surface area (Å²) in [5, 5.41) is 5.49. The number of nitrogens with one attached hydrogen (secondary N) is 1. The third-order valence-corrected chi connectivity index (χ3v) is 10.1. The molecule has 0 atom stereocenters. The number of aryl methyl sites for hydroxylation is 2. The van der Waals surface area contributed by atoms with E-state index in [1.165, 1.54) is 4.31 Å². The minimum absolute atomic E-state index is 0.0325. The average Bonchev–Trinajstić information content (AvgIpc) is 3.31. The Labute approximate surface area is 277 Å². The van der Waals surface area contributed by atoms with Gasteiger partial charge in [-0.2, -0.15) is 5.10 Å². The van der Waals surface area contributed by atoms with E-state index in [-0.39, 0.29) is 11.4 Å². The molecule has 0 fully saturated rings. The van der Waals surface area contributed by atoms with Crippen LogP contribution in [-0.2, 0) is 16.6 Å². The normalized spacial score (nSPS) is 11.6. The highest BCUT2D eigenvalue weighted by Gasteiger charge is 2.26. The molecule has 0 aliphatic heterocycles. The second-order valence-electron chi connectivity index (χ2n) is 10.4. The van der Waals surface area contributed by atoms with Crippen LogP contribution in [0.15, 0.2) is 107 Å². The Bertz CT molecular complexity index is 2010. The molecule has 0 unspecified atom stereocenters. The van der Waals surface area contributed by atoms with Gasteiger partial charge in [0.05, 0.1) is 39.1 Å². The lowest BCUT2D eigenvalue weighted by atomic mass is 10.1. The smallest absolute Gasteiger partial charge is 0.271 e. The Kier molecular flexibility index (Phi) is 9.70. The summed E-state index contributed by atoms with van der Waals surface area (Å²) >= 11 is 18.9. The van der Waals surface area contributed by atoms with E-state index in [0.717, 1.165) is 28.2 Å². The van der Waals surface area contributed by atoms with Crippen molar-refractivity contribution in [2.75, 3.05) is 4.31 Å². The van der Waals surface area contributed by atoms with Crippen LogP contribution in [0.3, 0.4) is 0 Å². The molecule has 0 spiro atoms. The zero-order valence-electron chi connectivity index (χ0n) is 24.6. The topological polar surface area (TPSA) is 83.8 Å². The maximum Gasteiger partial charge on any atom is 0.271 e. The van der Waals surface area contributed by atoms with E-state index < -0.39 is 15.9 Å². The van der Waals surface area contributed by atoms with E-state index in [9.17, 15) is 13.2 Å². The summed E-state index contributed by atoms with van der Waals surface area (Å²) in [5.74, 6) is -0.413. The molecule has 7 nitrogen and oxygen atoms in total. The Balaban J connectivity index is 1.33. The van der Waals surface area contributed by atoms with Crippen molar-refractivity contribution in [1.82, 2.24) is 9.99 Å². The zero-order chi connectivity index (χ0) is 32.3. The maximum atomic E-state index is 13.8. The summed E-state index contributed by atoms with van der Waals surface area (Å²) in [6.45, 7) is 5.74. The van der Waals surface area contributed by atoms with E-state index in [0.29, 0.717) is 31.9 Å². The van der Waals surface area contributed by atoms with Crippen molar-refractivity contribution in [3.63, 3.8) is 0 Å². The third kappa shape index (κ3) is 6.94. The lowest BCUT2D eigenvalue weighted by molar-refractivity contribution is 0.0955. The Morgan fingerprint density at radius 2 is 1.60 bits per heavy atom. The number of hydrogen-bond donors (Lipinski definition) is 1. The van der Waals surface area contributed by atoms with Gasteiger partial charge in [-0.1, -0.05) is 77.3 Å². The van der Waals surface area contributed by atoms with Crippen LogP contribution in [0.25, 0.3) is 5.69 Å². The van der Waals surface area contributed by atoms with Crippen molar-refractivity contribution >= 4 is 62.6 Å². The monoisotopic (exact) mass is 678 g/mol. The number of hydrogen-bond acceptors (Lipinski definition) is 4. The second-order valence-corrected chi connectivity index (χ2v) is 13.5. The van der Waals surface area contributed by atoms with Gasteiger partial charge in [0.1, 0.15) is 0 Å². The molecular weight excluding hydrogens is 651 g/mol. The fraction of sp³-hybridized carbons (Fsp3) is 0.118. The molecule has 5 rings (SSSR count). The van der Waals surface area contributed by atoms with Crippen molar-refractivity contribution in [2.24, 2.45) is 5.10 Å². The number of benzene rings is 4. The van der Waals surface area contributed by atoms with Crippen LogP contribution in [0, 0.1) is 20.8 Å². The lowest BCUT2D eigenvalue weighted by Gasteiger charge is -2.26. The molecule has 1 amide bonds. The first-order chi connectivity index (χ1) is 21.5. The molecule has 11 heteroatoms. The van der Waals surface area contributed by atoms with Gasteiger partial charge in [0.2, 0.25) is 0 Å². The Morgan fingerprint density at radius 3 is 2.31 bits per heavy atom. The van der Waals surface area contributed by atoms with Gasteiger partial charge in [-0.25, -0.2) is 13.8 Å². The summed E-state index contributed by atoms with van der Waals surface area (Å²) in [7, 11) is -3.92. The molecule has 0 bridgehead atoms. The number of nitrogens with zero attached hydrogens (tertiary/aromatic N) is 3. The Hall–Kier alpha value is -4.08. The first-order valence-corrected chi connectivity index (χ1v) is 16.4. The Morgan fingerprint density at radius 1 is 0.889 bits per heavy atom. The van der Waals surface area contributed by atoms with E-state index >= 15 is 0 Å². The van der Waals surface area contributed by atoms with Crippen LogP contribution < -0.4 is 9.73 Å². The van der Waals surface area contributed by atoms with Crippen LogP contribution in [0.2, 0.25) is 15.1 Å². The van der Waals surface area contributed by atoms with Gasteiger partial charge in [0.25, 0.3) is 15.9 Å². The van der Waals surface area contributed by atoms with Crippen molar-refractivity contribution < 1.29 is 13.2 Å². The van der Waals surface area contributed by atoms with E-state index in [4.69, 9.17) is 34.8 Å². The van der Waals surface area contributed by atoms with Crippen molar-refractivity contribution in [2.45, 2.75) is 32.2 Å². The van der Waals surface area contributed by atoms with Gasteiger partial charge < -0.3 is 4.57 Å². The first kappa shape index (κ1) is 32.3. The zero-order valence-corrected chi connectivity index (χ0v) is 27.7. The summed E-state index contributed by atoms with van der Waals surface area (Å²) in [6.07, 6.45) is 1.57. The molecule has 1 aromatic heterocycles. The van der Waals surface area contributed by atoms with Crippen LogP contribution in [-0.4, -0.2) is 25.1 Å². The number of carbonyl (C=O) groups excluding carboxylic acids is 1. The second kappa shape index (κ2) is 13.5. The van der Waals surface area contributed by atoms with Gasteiger partial charge in [0.15, 0.2) is 0 Å². The number of anilines is 1. The van der Waals surface area contributed by atoms with Crippen molar-refractivity contribution in [1.29, 1.82) is 0 Å². The molecule has 5 aromatic rings. The SMILES string of the molecule is Cc1ccc(Cl)cc1N(Cc1ccc(C(=O)NN=Cc2cc(C)n(-c3cccc(Cl)c3Cl)c2C)cc1)S(=O)(=O)c1ccccc1. The third-order valence-electron chi connectivity index (χ3n) is 7.33. The summed E-state index contributed by atoms with van der Waals surface area (Å²) in [6, 6.07) is 27.4. The highest BCUT2D eigenvalue weighted by Crippen LogP contribution is 2.32. The lowest BCUT2D eigenvalue weighted by Crippen LogP contribution is -2.31. The van der Waals surface area contributed by atoms with E-state index in [1.807, 2.05) is 43.5 Å². The van der Waals surface area contributed by atoms with Gasteiger partial charge in [-0.3, -0.25) is 9.10 Å². The minimum Gasteiger partial charge on any atom is -0.316 e. The number of amides is 1. The standard InChI is InChI=1S/C34H29Cl3N4O3S/c1-22-12-17-28(35)19-32(22)40(45(43,44)29-8-5-4-6-9-29)21-25-13-15-26(16-14-25)34(42)39-38-20-27-18-23(2)41(24(27)3)31-11-7-10-30(36)33(31)37/h4-20H,21H2,1-3H3,(H,39,42). The van der Waals surface area contributed by atoms with Crippen molar-refractivity contribution in [3.05, 3.63) is 146 Å². The fourth-order valence-electron chi connectivity index (χ4n) is 4.98. The van der Waals surface area contributed by atoms with Gasteiger partial charge in [-0.05, 0) is 86.5 Å². The molecule has 1 N–H and O–H groups in total. The summed E-state index contributed by atoms with van der Waals surface area (Å²) in [4.78, 5) is 13.1. The van der Waals surface area contributed by atoms with Gasteiger partial charge in [-0.15, -0.1) is 0 Å². The molecule has 4 aromatic carbocycles. The van der Waals surface area contributed by atoms with Crippen LogP contribution in [0.1, 0.15) is 38.4 Å². The molecule has 45 heavy (non-hydrogen) atoms. The highest BCUT2D eigenvalue weighted by molar-refractivity contribution is 7.92. The fourth-order valence-corrected chi connectivity index (χ4v) is 7.05. The number of sulfonamides is 1. The van der Waals surface area contributed by atoms with Crippen molar-refractivity contribution in [3.8, 4) is 5.69 Å². The predicted octanol–water partition coefficient (Wildman–Crippen LogP) is 8.52. The molecular formula is C34H29Cl3N4O3S. The highest BCUT2D eigenvalue weighted by atomic mass is 35.5. The van der Waals surface area contributed by atoms with Crippen LogP contribution in [0.4, 0.5) is 5.69 Å². The molecule has 0 aliphatic rings. The molecule has 0 aliphatic carbocycles.